The monoisotopic (exact) mass is 356 g/mol. The molecule has 0 saturated carbocycles. The number of benzene rings is 1. The molecule has 0 fully saturated rings. The summed E-state index contributed by atoms with van der Waals surface area (Å²) < 4.78 is 4.95. The van der Waals surface area contributed by atoms with E-state index in [2.05, 4.69) is 34.4 Å². The van der Waals surface area contributed by atoms with Gasteiger partial charge in [-0.05, 0) is 43.5 Å². The molecule has 0 saturated heterocycles. The minimum atomic E-state index is -0.360. The van der Waals surface area contributed by atoms with Gasteiger partial charge in [0.2, 0.25) is 0 Å². The van der Waals surface area contributed by atoms with Gasteiger partial charge in [-0.2, -0.15) is 0 Å². The Hall–Kier alpha value is -2.96. The van der Waals surface area contributed by atoms with Gasteiger partial charge in [-0.15, -0.1) is 0 Å². The molecule has 0 radical (unpaired) electrons. The van der Waals surface area contributed by atoms with Crippen molar-refractivity contribution in [2.75, 3.05) is 18.5 Å². The van der Waals surface area contributed by atoms with Gasteiger partial charge in [0.25, 0.3) is 5.91 Å². The minimum absolute atomic E-state index is 0.228. The molecule has 0 aliphatic carbocycles. The second-order valence-electron chi connectivity index (χ2n) is 6.15. The fraction of sp³-hybridized carbons (Fsp3) is 0.368. The molecule has 1 amide bonds. The van der Waals surface area contributed by atoms with Gasteiger partial charge in [-0.1, -0.05) is 13.8 Å². The smallest absolute Gasteiger partial charge is 0.338 e. The number of rotatable bonds is 8. The molecule has 26 heavy (non-hydrogen) atoms. The maximum atomic E-state index is 12.1. The number of anilines is 2. The zero-order valence-electron chi connectivity index (χ0n) is 15.3. The lowest BCUT2D eigenvalue weighted by atomic mass is 10.1. The summed E-state index contributed by atoms with van der Waals surface area (Å²) in [5, 5.41) is 5.93. The van der Waals surface area contributed by atoms with Crippen LogP contribution in [0.5, 0.6) is 0 Å². The molecule has 1 aromatic heterocycles. The number of hydrogen-bond donors (Lipinski definition) is 2. The summed E-state index contributed by atoms with van der Waals surface area (Å²) in [6.07, 6.45) is 2.25. The molecule has 2 rings (SSSR count). The number of nitrogens with one attached hydrogen (secondary N) is 2. The molecule has 0 aliphatic heterocycles. The number of carbonyl (C=O) groups is 2. The van der Waals surface area contributed by atoms with Gasteiger partial charge in [0, 0.05) is 18.3 Å². The SMILES string of the molecule is CCOC(=O)c1ccc(Nc2cc(C(=O)NCCC(C)C)ncn2)cc1. The lowest BCUT2D eigenvalue weighted by Crippen LogP contribution is -2.26. The summed E-state index contributed by atoms with van der Waals surface area (Å²) in [4.78, 5) is 31.9. The summed E-state index contributed by atoms with van der Waals surface area (Å²) in [7, 11) is 0. The van der Waals surface area contributed by atoms with Gasteiger partial charge in [0.05, 0.1) is 12.2 Å². The zero-order valence-corrected chi connectivity index (χ0v) is 15.3. The molecule has 0 bridgehead atoms. The van der Waals surface area contributed by atoms with Crippen LogP contribution in [0.2, 0.25) is 0 Å². The van der Waals surface area contributed by atoms with E-state index in [1.165, 1.54) is 6.33 Å². The van der Waals surface area contributed by atoms with Crippen LogP contribution in [-0.4, -0.2) is 35.0 Å². The first-order valence-corrected chi connectivity index (χ1v) is 8.64. The van der Waals surface area contributed by atoms with E-state index in [9.17, 15) is 9.59 Å². The summed E-state index contributed by atoms with van der Waals surface area (Å²) in [5.74, 6) is 0.434. The van der Waals surface area contributed by atoms with Crippen molar-refractivity contribution in [3.05, 3.63) is 47.9 Å². The van der Waals surface area contributed by atoms with Crippen LogP contribution in [-0.2, 0) is 4.74 Å². The van der Waals surface area contributed by atoms with Crippen LogP contribution in [0.25, 0.3) is 0 Å². The van der Waals surface area contributed by atoms with Gasteiger partial charge < -0.3 is 15.4 Å². The van der Waals surface area contributed by atoms with E-state index >= 15 is 0 Å². The van der Waals surface area contributed by atoms with Crippen LogP contribution in [0.15, 0.2) is 36.7 Å². The topological polar surface area (TPSA) is 93.2 Å². The second kappa shape index (κ2) is 9.50. The van der Waals surface area contributed by atoms with Crippen molar-refractivity contribution in [2.24, 2.45) is 5.92 Å². The molecule has 7 nitrogen and oxygen atoms in total. The van der Waals surface area contributed by atoms with Crippen LogP contribution < -0.4 is 10.6 Å². The standard InChI is InChI=1S/C19H24N4O3/c1-4-26-19(25)14-5-7-15(8-6-14)23-17-11-16(21-12-22-17)18(24)20-10-9-13(2)3/h5-8,11-13H,4,9-10H2,1-3H3,(H,20,24)(H,21,22,23). The predicted molar refractivity (Wildman–Crippen MR) is 99.5 cm³/mol. The molecule has 0 atom stereocenters. The fourth-order valence-corrected chi connectivity index (χ4v) is 2.17. The third-order valence-electron chi connectivity index (χ3n) is 3.58. The Morgan fingerprint density at radius 3 is 2.54 bits per heavy atom. The first kappa shape index (κ1) is 19.4. The predicted octanol–water partition coefficient (Wildman–Crippen LogP) is 3.17. The van der Waals surface area contributed by atoms with Crippen molar-refractivity contribution in [3.63, 3.8) is 0 Å². The maximum Gasteiger partial charge on any atom is 0.338 e. The van der Waals surface area contributed by atoms with E-state index in [0.717, 1.165) is 12.1 Å². The highest BCUT2D eigenvalue weighted by atomic mass is 16.5. The van der Waals surface area contributed by atoms with Crippen LogP contribution >= 0.6 is 0 Å². The first-order chi connectivity index (χ1) is 12.5. The Morgan fingerprint density at radius 2 is 1.88 bits per heavy atom. The Bertz CT molecular complexity index is 745. The summed E-state index contributed by atoms with van der Waals surface area (Å²) in [5.41, 5.74) is 1.52. The average molecular weight is 356 g/mol. The molecule has 0 aliphatic rings. The number of amides is 1. The highest BCUT2D eigenvalue weighted by molar-refractivity contribution is 5.93. The van der Waals surface area contributed by atoms with E-state index in [0.29, 0.717) is 36.1 Å². The van der Waals surface area contributed by atoms with Crippen LogP contribution in [0.4, 0.5) is 11.5 Å². The van der Waals surface area contributed by atoms with Crippen LogP contribution in [0.1, 0.15) is 48.0 Å². The maximum absolute atomic E-state index is 12.1. The van der Waals surface area contributed by atoms with Crippen molar-refractivity contribution in [3.8, 4) is 0 Å². The molecule has 0 spiro atoms. The average Bonchev–Trinajstić information content (AvgIpc) is 2.62. The van der Waals surface area contributed by atoms with Crippen molar-refractivity contribution >= 4 is 23.4 Å². The summed E-state index contributed by atoms with van der Waals surface area (Å²) in [6, 6.07) is 8.42. The van der Waals surface area contributed by atoms with Crippen molar-refractivity contribution in [1.82, 2.24) is 15.3 Å². The Labute approximate surface area is 153 Å². The fourth-order valence-electron chi connectivity index (χ4n) is 2.17. The summed E-state index contributed by atoms with van der Waals surface area (Å²) >= 11 is 0. The quantitative estimate of drug-likeness (QED) is 0.706. The Kier molecular flexibility index (Phi) is 7.08. The molecule has 2 aromatic rings. The second-order valence-corrected chi connectivity index (χ2v) is 6.15. The molecule has 138 valence electrons. The van der Waals surface area contributed by atoms with E-state index in [4.69, 9.17) is 4.74 Å². The van der Waals surface area contributed by atoms with E-state index < -0.39 is 0 Å². The van der Waals surface area contributed by atoms with Gasteiger partial charge in [0.15, 0.2) is 0 Å². The number of ether oxygens (including phenoxy) is 1. The number of esters is 1. The molecule has 0 unspecified atom stereocenters. The molecular weight excluding hydrogens is 332 g/mol. The molecule has 1 aromatic carbocycles. The van der Waals surface area contributed by atoms with Crippen LogP contribution in [0, 0.1) is 5.92 Å². The number of nitrogens with zero attached hydrogens (tertiary/aromatic N) is 2. The minimum Gasteiger partial charge on any atom is -0.462 e. The Balaban J connectivity index is 1.99. The number of carbonyl (C=O) groups excluding carboxylic acids is 2. The Morgan fingerprint density at radius 1 is 1.15 bits per heavy atom. The zero-order chi connectivity index (χ0) is 18.9. The molecule has 7 heteroatoms. The molecular formula is C19H24N4O3. The number of aromatic nitrogens is 2. The van der Waals surface area contributed by atoms with Gasteiger partial charge in [-0.25, -0.2) is 14.8 Å². The number of hydrogen-bond acceptors (Lipinski definition) is 6. The lowest BCUT2D eigenvalue weighted by Gasteiger charge is -2.09. The van der Waals surface area contributed by atoms with E-state index in [1.807, 2.05) is 0 Å². The lowest BCUT2D eigenvalue weighted by molar-refractivity contribution is 0.0526. The highest BCUT2D eigenvalue weighted by Gasteiger charge is 2.10. The normalized spacial score (nSPS) is 10.5. The van der Waals surface area contributed by atoms with E-state index in [1.54, 1.807) is 37.3 Å². The first-order valence-electron chi connectivity index (χ1n) is 8.64. The van der Waals surface area contributed by atoms with Gasteiger partial charge in [0.1, 0.15) is 17.8 Å². The van der Waals surface area contributed by atoms with Crippen LogP contribution in [0.3, 0.4) is 0 Å². The molecule has 2 N–H and O–H groups in total. The molecule has 1 heterocycles. The van der Waals surface area contributed by atoms with Crippen molar-refractivity contribution in [2.45, 2.75) is 27.2 Å². The van der Waals surface area contributed by atoms with Gasteiger partial charge >= 0.3 is 5.97 Å². The van der Waals surface area contributed by atoms with Crippen molar-refractivity contribution in [1.29, 1.82) is 0 Å². The summed E-state index contributed by atoms with van der Waals surface area (Å²) in [6.45, 7) is 6.91. The van der Waals surface area contributed by atoms with E-state index in [-0.39, 0.29) is 11.9 Å². The third kappa shape index (κ3) is 5.84. The largest absolute Gasteiger partial charge is 0.462 e. The highest BCUT2D eigenvalue weighted by Crippen LogP contribution is 2.16. The van der Waals surface area contributed by atoms with Gasteiger partial charge in [-0.3, -0.25) is 4.79 Å². The van der Waals surface area contributed by atoms with Crippen molar-refractivity contribution < 1.29 is 14.3 Å². The third-order valence-corrected chi connectivity index (χ3v) is 3.58.